The van der Waals surface area contributed by atoms with E-state index in [0.29, 0.717) is 48.3 Å². The van der Waals surface area contributed by atoms with Crippen LogP contribution in [0.2, 0.25) is 5.02 Å². The molecule has 1 fully saturated rings. The predicted molar refractivity (Wildman–Crippen MR) is 98.3 cm³/mol. The van der Waals surface area contributed by atoms with Gasteiger partial charge in [0, 0.05) is 42.8 Å². The highest BCUT2D eigenvalue weighted by Crippen LogP contribution is 2.15. The molecule has 1 aromatic carbocycles. The molecule has 2 amide bonds. The van der Waals surface area contributed by atoms with E-state index in [1.165, 1.54) is 0 Å². The maximum Gasteiger partial charge on any atom is 0.253 e. The minimum Gasteiger partial charge on any atom is -0.360 e. The van der Waals surface area contributed by atoms with Crippen molar-refractivity contribution in [3.05, 3.63) is 46.7 Å². The van der Waals surface area contributed by atoms with Crippen LogP contribution in [0.3, 0.4) is 0 Å². The average molecular weight is 377 g/mol. The molecular weight excluding hydrogens is 356 g/mol. The second kappa shape index (κ2) is 7.88. The van der Waals surface area contributed by atoms with E-state index in [2.05, 4.69) is 10.5 Å². The molecule has 1 N–H and O–H groups in total. The molecule has 2 heterocycles. The zero-order valence-corrected chi connectivity index (χ0v) is 15.5. The third-order valence-corrected chi connectivity index (χ3v) is 4.71. The maximum atomic E-state index is 12.6. The van der Waals surface area contributed by atoms with Crippen molar-refractivity contribution in [3.8, 4) is 0 Å². The first kappa shape index (κ1) is 18.4. The molecule has 8 heteroatoms. The summed E-state index contributed by atoms with van der Waals surface area (Å²) >= 11 is 5.96. The van der Waals surface area contributed by atoms with Gasteiger partial charge >= 0.3 is 0 Å². The van der Waals surface area contributed by atoms with Gasteiger partial charge in [-0.2, -0.15) is 0 Å². The highest BCUT2D eigenvalue weighted by Gasteiger charge is 2.28. The Hall–Kier alpha value is -2.38. The summed E-state index contributed by atoms with van der Waals surface area (Å²) in [5.74, 6) is 0.866. The minimum absolute atomic E-state index is 0.0395. The zero-order chi connectivity index (χ0) is 18.7. The fourth-order valence-corrected chi connectivity index (χ4v) is 3.13. The number of benzene rings is 1. The van der Waals surface area contributed by atoms with E-state index in [1.54, 1.807) is 42.2 Å². The highest BCUT2D eigenvalue weighted by atomic mass is 35.5. The molecule has 26 heavy (non-hydrogen) atoms. The van der Waals surface area contributed by atoms with Gasteiger partial charge in [0.2, 0.25) is 5.91 Å². The first-order valence-electron chi connectivity index (χ1n) is 8.47. The SMILES string of the molecule is Cc1cc(NC(=O)C(C)N2CCN(C(=O)c3cccc(Cl)c3)CC2)no1. The molecular formula is C18H21ClN4O3. The van der Waals surface area contributed by atoms with Crippen LogP contribution in [0.5, 0.6) is 0 Å². The van der Waals surface area contributed by atoms with Gasteiger partial charge in [-0.15, -0.1) is 0 Å². The van der Waals surface area contributed by atoms with Gasteiger partial charge in [-0.3, -0.25) is 14.5 Å². The summed E-state index contributed by atoms with van der Waals surface area (Å²) in [5.41, 5.74) is 0.582. The van der Waals surface area contributed by atoms with Crippen molar-refractivity contribution in [2.75, 3.05) is 31.5 Å². The van der Waals surface area contributed by atoms with Crippen molar-refractivity contribution in [1.29, 1.82) is 0 Å². The van der Waals surface area contributed by atoms with Crippen LogP contribution >= 0.6 is 11.6 Å². The fourth-order valence-electron chi connectivity index (χ4n) is 2.94. The molecule has 1 unspecified atom stereocenters. The number of hydrogen-bond acceptors (Lipinski definition) is 5. The lowest BCUT2D eigenvalue weighted by atomic mass is 10.1. The molecule has 0 spiro atoms. The summed E-state index contributed by atoms with van der Waals surface area (Å²) < 4.78 is 4.95. The van der Waals surface area contributed by atoms with E-state index in [9.17, 15) is 9.59 Å². The Morgan fingerprint density at radius 1 is 1.23 bits per heavy atom. The number of nitrogens with one attached hydrogen (secondary N) is 1. The molecule has 1 aliphatic rings. The quantitative estimate of drug-likeness (QED) is 0.886. The molecule has 0 aliphatic carbocycles. The molecule has 1 saturated heterocycles. The first-order valence-corrected chi connectivity index (χ1v) is 8.85. The van der Waals surface area contributed by atoms with Gasteiger partial charge in [0.05, 0.1) is 6.04 Å². The first-order chi connectivity index (χ1) is 12.4. The largest absolute Gasteiger partial charge is 0.360 e. The van der Waals surface area contributed by atoms with Crippen molar-refractivity contribution in [2.24, 2.45) is 0 Å². The van der Waals surface area contributed by atoms with Crippen LogP contribution < -0.4 is 5.32 Å². The number of carbonyl (C=O) groups excluding carboxylic acids is 2. The van der Waals surface area contributed by atoms with Gasteiger partial charge in [0.25, 0.3) is 5.91 Å². The van der Waals surface area contributed by atoms with Crippen molar-refractivity contribution in [3.63, 3.8) is 0 Å². The number of carbonyl (C=O) groups is 2. The van der Waals surface area contributed by atoms with Crippen LogP contribution in [-0.4, -0.2) is 59.0 Å². The third kappa shape index (κ3) is 4.23. The van der Waals surface area contributed by atoms with Crippen molar-refractivity contribution in [2.45, 2.75) is 19.9 Å². The lowest BCUT2D eigenvalue weighted by Crippen LogP contribution is -2.54. The normalized spacial score (nSPS) is 16.3. The van der Waals surface area contributed by atoms with Gasteiger partial charge in [-0.05, 0) is 32.0 Å². The Morgan fingerprint density at radius 2 is 1.96 bits per heavy atom. The fraction of sp³-hybridized carbons (Fsp3) is 0.389. The van der Waals surface area contributed by atoms with E-state index < -0.39 is 0 Å². The molecule has 2 aromatic rings. The number of piperazine rings is 1. The highest BCUT2D eigenvalue weighted by molar-refractivity contribution is 6.30. The summed E-state index contributed by atoms with van der Waals surface area (Å²) in [4.78, 5) is 28.8. The molecule has 0 radical (unpaired) electrons. The Kier molecular flexibility index (Phi) is 5.58. The second-order valence-corrected chi connectivity index (χ2v) is 6.76. The van der Waals surface area contributed by atoms with Crippen LogP contribution in [0.15, 0.2) is 34.9 Å². The number of anilines is 1. The molecule has 1 aliphatic heterocycles. The number of hydrogen-bond donors (Lipinski definition) is 1. The molecule has 138 valence electrons. The lowest BCUT2D eigenvalue weighted by molar-refractivity contribution is -0.121. The molecule has 0 bridgehead atoms. The Morgan fingerprint density at radius 3 is 2.58 bits per heavy atom. The monoisotopic (exact) mass is 376 g/mol. The summed E-state index contributed by atoms with van der Waals surface area (Å²) in [5, 5.41) is 7.06. The molecule has 0 saturated carbocycles. The van der Waals surface area contributed by atoms with E-state index in [0.717, 1.165) is 0 Å². The van der Waals surface area contributed by atoms with Crippen LogP contribution in [0.4, 0.5) is 5.82 Å². The summed E-state index contributed by atoms with van der Waals surface area (Å²) in [6.45, 7) is 5.98. The molecule has 1 atom stereocenters. The van der Waals surface area contributed by atoms with E-state index in [1.807, 2.05) is 11.8 Å². The average Bonchev–Trinajstić information content (AvgIpc) is 3.05. The standard InChI is InChI=1S/C18H21ClN4O3/c1-12-10-16(21-26-12)20-17(24)13(2)22-6-8-23(9-7-22)18(25)14-4-3-5-15(19)11-14/h3-5,10-11,13H,6-9H2,1-2H3,(H,20,21,24). The number of amides is 2. The number of halogens is 1. The summed E-state index contributed by atoms with van der Waals surface area (Å²) in [6.07, 6.45) is 0. The van der Waals surface area contributed by atoms with Gasteiger partial charge in [0.15, 0.2) is 5.82 Å². The Bertz CT molecular complexity index is 799. The summed E-state index contributed by atoms with van der Waals surface area (Å²) in [6, 6.07) is 8.29. The van der Waals surface area contributed by atoms with E-state index in [4.69, 9.17) is 16.1 Å². The van der Waals surface area contributed by atoms with E-state index in [-0.39, 0.29) is 17.9 Å². The van der Waals surface area contributed by atoms with Gasteiger partial charge in [-0.1, -0.05) is 22.8 Å². The Labute approximate surface area is 156 Å². The third-order valence-electron chi connectivity index (χ3n) is 4.48. The number of rotatable bonds is 4. The minimum atomic E-state index is -0.324. The topological polar surface area (TPSA) is 78.7 Å². The molecule has 7 nitrogen and oxygen atoms in total. The van der Waals surface area contributed by atoms with Crippen LogP contribution in [0, 0.1) is 6.92 Å². The molecule has 3 rings (SSSR count). The molecule has 1 aromatic heterocycles. The second-order valence-electron chi connectivity index (χ2n) is 6.33. The van der Waals surface area contributed by atoms with Crippen LogP contribution in [-0.2, 0) is 4.79 Å². The van der Waals surface area contributed by atoms with E-state index >= 15 is 0 Å². The number of aryl methyl sites for hydroxylation is 1. The van der Waals surface area contributed by atoms with Crippen molar-refractivity contribution in [1.82, 2.24) is 15.0 Å². The summed E-state index contributed by atoms with van der Waals surface area (Å²) in [7, 11) is 0. The number of aromatic nitrogens is 1. The smallest absolute Gasteiger partial charge is 0.253 e. The maximum absolute atomic E-state index is 12.6. The van der Waals surface area contributed by atoms with Crippen LogP contribution in [0.25, 0.3) is 0 Å². The van der Waals surface area contributed by atoms with Gasteiger partial charge in [-0.25, -0.2) is 0 Å². The van der Waals surface area contributed by atoms with Gasteiger partial charge < -0.3 is 14.7 Å². The van der Waals surface area contributed by atoms with Crippen molar-refractivity contribution >= 4 is 29.2 Å². The zero-order valence-electron chi connectivity index (χ0n) is 14.7. The lowest BCUT2D eigenvalue weighted by Gasteiger charge is -2.37. The van der Waals surface area contributed by atoms with Crippen LogP contribution in [0.1, 0.15) is 23.0 Å². The van der Waals surface area contributed by atoms with Gasteiger partial charge in [0.1, 0.15) is 5.76 Å². The van der Waals surface area contributed by atoms with Crippen molar-refractivity contribution < 1.29 is 14.1 Å². The predicted octanol–water partition coefficient (Wildman–Crippen LogP) is 2.42. The Balaban J connectivity index is 1.54. The number of nitrogens with zero attached hydrogens (tertiary/aromatic N) is 3.